The number of rotatable bonds is 3. The highest BCUT2D eigenvalue weighted by molar-refractivity contribution is 5.76. The molecule has 3 nitrogen and oxygen atoms in total. The van der Waals surface area contributed by atoms with Gasteiger partial charge in [-0.15, -0.1) is 0 Å². The number of hydrogen-bond acceptors (Lipinski definition) is 2. The minimum Gasteiger partial charge on any atom is -0.338 e. The molecule has 0 saturated heterocycles. The van der Waals surface area contributed by atoms with Crippen LogP contribution in [0, 0.1) is 0 Å². The molecule has 1 aliphatic heterocycles. The first-order chi connectivity index (χ1) is 7.38. The van der Waals surface area contributed by atoms with E-state index in [-0.39, 0.29) is 11.4 Å². The lowest BCUT2D eigenvalue weighted by Gasteiger charge is -2.27. The van der Waals surface area contributed by atoms with Crippen LogP contribution < -0.4 is 5.32 Å². The van der Waals surface area contributed by atoms with Crippen molar-refractivity contribution in [3.8, 4) is 0 Å². The van der Waals surface area contributed by atoms with Crippen LogP contribution in [0.15, 0.2) is 11.6 Å². The number of carbonyl (C=O) groups is 1. The lowest BCUT2D eigenvalue weighted by molar-refractivity contribution is -0.130. The molecule has 0 saturated carbocycles. The van der Waals surface area contributed by atoms with E-state index in [9.17, 15) is 4.79 Å². The molecule has 1 N–H and O–H groups in total. The van der Waals surface area contributed by atoms with Gasteiger partial charge in [-0.1, -0.05) is 11.6 Å². The van der Waals surface area contributed by atoms with Gasteiger partial charge < -0.3 is 10.2 Å². The van der Waals surface area contributed by atoms with Crippen LogP contribution in [0.1, 0.15) is 40.5 Å². The Labute approximate surface area is 98.9 Å². The largest absolute Gasteiger partial charge is 0.338 e. The summed E-state index contributed by atoms with van der Waals surface area (Å²) < 4.78 is 0. The van der Waals surface area contributed by atoms with Gasteiger partial charge in [0.2, 0.25) is 5.91 Å². The van der Waals surface area contributed by atoms with E-state index in [1.54, 1.807) is 0 Å². The van der Waals surface area contributed by atoms with E-state index in [4.69, 9.17) is 0 Å². The van der Waals surface area contributed by atoms with Crippen LogP contribution >= 0.6 is 0 Å². The summed E-state index contributed by atoms with van der Waals surface area (Å²) >= 11 is 0. The summed E-state index contributed by atoms with van der Waals surface area (Å²) in [6.07, 6.45) is 3.83. The monoisotopic (exact) mass is 224 g/mol. The highest BCUT2D eigenvalue weighted by atomic mass is 16.2. The number of nitrogens with one attached hydrogen (secondary N) is 1. The first-order valence-corrected chi connectivity index (χ1v) is 6.07. The molecule has 1 aliphatic rings. The van der Waals surface area contributed by atoms with Gasteiger partial charge in [0.25, 0.3) is 0 Å². The van der Waals surface area contributed by atoms with Crippen molar-refractivity contribution >= 4 is 5.91 Å². The van der Waals surface area contributed by atoms with E-state index >= 15 is 0 Å². The van der Waals surface area contributed by atoms with Crippen LogP contribution in [0.2, 0.25) is 0 Å². The molecule has 0 fully saturated rings. The molecule has 16 heavy (non-hydrogen) atoms. The van der Waals surface area contributed by atoms with Gasteiger partial charge in [0.1, 0.15) is 0 Å². The summed E-state index contributed by atoms with van der Waals surface area (Å²) in [5.41, 5.74) is 1.40. The molecule has 0 unspecified atom stereocenters. The van der Waals surface area contributed by atoms with Crippen molar-refractivity contribution in [2.45, 2.75) is 46.1 Å². The minimum absolute atomic E-state index is 0.0952. The number of nitrogens with zero attached hydrogens (tertiary/aromatic N) is 1. The van der Waals surface area contributed by atoms with Gasteiger partial charge >= 0.3 is 0 Å². The third-order valence-corrected chi connectivity index (χ3v) is 2.68. The lowest BCUT2D eigenvalue weighted by atomic mass is 10.1. The second kappa shape index (κ2) is 5.48. The summed E-state index contributed by atoms with van der Waals surface area (Å²) in [5, 5.41) is 3.34. The van der Waals surface area contributed by atoms with Crippen LogP contribution in [0.3, 0.4) is 0 Å². The molecule has 0 aliphatic carbocycles. The van der Waals surface area contributed by atoms with Crippen molar-refractivity contribution in [2.75, 3.05) is 19.6 Å². The summed E-state index contributed by atoms with van der Waals surface area (Å²) in [5.74, 6) is 0.268. The van der Waals surface area contributed by atoms with Crippen molar-refractivity contribution in [1.82, 2.24) is 10.2 Å². The molecule has 0 spiro atoms. The van der Waals surface area contributed by atoms with E-state index in [0.717, 1.165) is 26.1 Å². The third-order valence-electron chi connectivity index (χ3n) is 2.68. The molecule has 0 atom stereocenters. The summed E-state index contributed by atoms with van der Waals surface area (Å²) in [6, 6.07) is 0. The van der Waals surface area contributed by atoms with E-state index in [0.29, 0.717) is 6.42 Å². The zero-order valence-electron chi connectivity index (χ0n) is 11.0. The molecule has 0 aromatic carbocycles. The number of hydrogen-bond donors (Lipinski definition) is 1. The maximum atomic E-state index is 11.9. The topological polar surface area (TPSA) is 32.3 Å². The standard InChI is InChI=1S/C13H24N2O/c1-11-6-5-9-15(10-11)12(16)7-8-14-13(2,3)4/h6,14H,5,7-10H2,1-4H3. The smallest absolute Gasteiger partial charge is 0.224 e. The second-order valence-corrected chi connectivity index (χ2v) is 5.58. The highest BCUT2D eigenvalue weighted by Crippen LogP contribution is 2.10. The van der Waals surface area contributed by atoms with Crippen molar-refractivity contribution < 1.29 is 4.79 Å². The number of carbonyl (C=O) groups excluding carboxylic acids is 1. The van der Waals surface area contributed by atoms with E-state index in [1.807, 2.05) is 4.90 Å². The molecular formula is C13H24N2O. The van der Waals surface area contributed by atoms with Gasteiger partial charge in [0.15, 0.2) is 0 Å². The van der Waals surface area contributed by atoms with Gasteiger partial charge in [-0.3, -0.25) is 4.79 Å². The molecule has 1 heterocycles. The third kappa shape index (κ3) is 4.79. The Bertz CT molecular complexity index is 276. The molecule has 1 amide bonds. The Morgan fingerprint density at radius 3 is 2.75 bits per heavy atom. The van der Waals surface area contributed by atoms with Crippen LogP contribution in [-0.4, -0.2) is 36.0 Å². The predicted molar refractivity (Wildman–Crippen MR) is 67.3 cm³/mol. The van der Waals surface area contributed by atoms with Crippen molar-refractivity contribution in [3.05, 3.63) is 11.6 Å². The van der Waals surface area contributed by atoms with Crippen LogP contribution in [-0.2, 0) is 4.79 Å². The zero-order valence-corrected chi connectivity index (χ0v) is 11.0. The maximum Gasteiger partial charge on any atom is 0.224 e. The Balaban J connectivity index is 2.28. The van der Waals surface area contributed by atoms with Crippen molar-refractivity contribution in [1.29, 1.82) is 0 Å². The van der Waals surface area contributed by atoms with Gasteiger partial charge in [0.05, 0.1) is 0 Å². The number of amides is 1. The van der Waals surface area contributed by atoms with Crippen LogP contribution in [0.5, 0.6) is 0 Å². The van der Waals surface area contributed by atoms with Gasteiger partial charge in [0, 0.05) is 31.6 Å². The van der Waals surface area contributed by atoms with Crippen LogP contribution in [0.25, 0.3) is 0 Å². The van der Waals surface area contributed by atoms with Gasteiger partial charge in [-0.2, -0.15) is 0 Å². The Hall–Kier alpha value is -0.830. The minimum atomic E-state index is 0.0952. The Kier molecular flexibility index (Phi) is 4.54. The molecule has 0 bridgehead atoms. The van der Waals surface area contributed by atoms with E-state index in [1.165, 1.54) is 5.57 Å². The molecule has 3 heteroatoms. The first kappa shape index (κ1) is 13.2. The molecular weight excluding hydrogens is 200 g/mol. The zero-order chi connectivity index (χ0) is 12.2. The van der Waals surface area contributed by atoms with Crippen molar-refractivity contribution in [2.24, 2.45) is 0 Å². The van der Waals surface area contributed by atoms with E-state index < -0.39 is 0 Å². The Morgan fingerprint density at radius 1 is 1.50 bits per heavy atom. The van der Waals surface area contributed by atoms with Gasteiger partial charge in [-0.05, 0) is 34.1 Å². The summed E-state index contributed by atoms with van der Waals surface area (Å²) in [6.45, 7) is 10.9. The second-order valence-electron chi connectivity index (χ2n) is 5.58. The SMILES string of the molecule is CC1=CCCN(C(=O)CCNC(C)(C)C)C1. The lowest BCUT2D eigenvalue weighted by Crippen LogP contribution is -2.40. The molecule has 92 valence electrons. The molecule has 0 aromatic rings. The first-order valence-electron chi connectivity index (χ1n) is 6.07. The fraction of sp³-hybridized carbons (Fsp3) is 0.769. The fourth-order valence-electron chi connectivity index (χ4n) is 1.83. The Morgan fingerprint density at radius 2 is 2.19 bits per heavy atom. The highest BCUT2D eigenvalue weighted by Gasteiger charge is 2.16. The van der Waals surface area contributed by atoms with Crippen LogP contribution in [0.4, 0.5) is 0 Å². The average Bonchev–Trinajstić information content (AvgIpc) is 2.15. The fourth-order valence-corrected chi connectivity index (χ4v) is 1.83. The summed E-state index contributed by atoms with van der Waals surface area (Å²) in [7, 11) is 0. The van der Waals surface area contributed by atoms with Crippen molar-refractivity contribution in [3.63, 3.8) is 0 Å². The average molecular weight is 224 g/mol. The van der Waals surface area contributed by atoms with E-state index in [2.05, 4.69) is 39.1 Å². The predicted octanol–water partition coefficient (Wildman–Crippen LogP) is 1.94. The summed E-state index contributed by atoms with van der Waals surface area (Å²) in [4.78, 5) is 13.8. The molecule has 0 aromatic heterocycles. The maximum absolute atomic E-state index is 11.9. The molecule has 0 radical (unpaired) electrons. The quantitative estimate of drug-likeness (QED) is 0.743. The normalized spacial score (nSPS) is 17.2. The molecule has 1 rings (SSSR count). The van der Waals surface area contributed by atoms with Gasteiger partial charge in [-0.25, -0.2) is 0 Å².